The molecule has 1 aliphatic heterocycles. The minimum absolute atomic E-state index is 0.0284. The van der Waals surface area contributed by atoms with Crippen molar-refractivity contribution in [1.82, 2.24) is 4.90 Å². The fraction of sp³-hybridized carbons (Fsp3) is 0.316. The van der Waals surface area contributed by atoms with Gasteiger partial charge in [0.25, 0.3) is 5.91 Å². The van der Waals surface area contributed by atoms with E-state index in [0.29, 0.717) is 42.6 Å². The Morgan fingerprint density at radius 2 is 1.80 bits per heavy atom. The first-order valence-corrected chi connectivity index (χ1v) is 8.57. The van der Waals surface area contributed by atoms with E-state index in [2.05, 4.69) is 0 Å². The highest BCUT2D eigenvalue weighted by atomic mass is 35.5. The van der Waals surface area contributed by atoms with Crippen molar-refractivity contribution in [3.63, 3.8) is 0 Å². The Morgan fingerprint density at radius 3 is 2.44 bits per heavy atom. The zero-order valence-electron chi connectivity index (χ0n) is 13.8. The van der Waals surface area contributed by atoms with Crippen LogP contribution in [-0.2, 0) is 4.74 Å². The molecule has 1 aliphatic rings. The van der Waals surface area contributed by atoms with Crippen molar-refractivity contribution >= 4 is 17.5 Å². The number of amides is 1. The number of rotatable bonds is 5. The number of carbonyl (C=O) groups is 1. The summed E-state index contributed by atoms with van der Waals surface area (Å²) >= 11 is 6.22. The minimum atomic E-state index is -0.0588. The molecule has 5 nitrogen and oxygen atoms in total. The van der Waals surface area contributed by atoms with Crippen LogP contribution in [-0.4, -0.2) is 55.4 Å². The molecule has 1 fully saturated rings. The zero-order chi connectivity index (χ0) is 17.6. The van der Waals surface area contributed by atoms with Gasteiger partial charge in [-0.25, -0.2) is 0 Å². The minimum Gasteiger partial charge on any atom is -0.490 e. The third-order valence-electron chi connectivity index (χ3n) is 4.04. The molecule has 3 rings (SSSR count). The lowest BCUT2D eigenvalue weighted by atomic mass is 10.0. The van der Waals surface area contributed by atoms with Gasteiger partial charge in [0.05, 0.1) is 24.8 Å². The van der Waals surface area contributed by atoms with Crippen molar-refractivity contribution in [1.29, 1.82) is 0 Å². The van der Waals surface area contributed by atoms with Crippen LogP contribution in [0.25, 0.3) is 11.1 Å². The summed E-state index contributed by atoms with van der Waals surface area (Å²) in [6.07, 6.45) is 0. The van der Waals surface area contributed by atoms with Gasteiger partial charge in [0, 0.05) is 18.7 Å². The van der Waals surface area contributed by atoms with Crippen LogP contribution in [0, 0.1) is 0 Å². The molecular weight excluding hydrogens is 342 g/mol. The van der Waals surface area contributed by atoms with E-state index in [0.717, 1.165) is 11.1 Å². The van der Waals surface area contributed by atoms with E-state index in [1.165, 1.54) is 0 Å². The lowest BCUT2D eigenvalue weighted by Gasteiger charge is -2.26. The molecule has 0 bridgehead atoms. The normalized spacial score (nSPS) is 14.4. The van der Waals surface area contributed by atoms with Gasteiger partial charge in [0.2, 0.25) is 0 Å². The number of aliphatic hydroxyl groups is 1. The van der Waals surface area contributed by atoms with Crippen molar-refractivity contribution in [2.45, 2.75) is 0 Å². The Labute approximate surface area is 151 Å². The fourth-order valence-corrected chi connectivity index (χ4v) is 2.94. The van der Waals surface area contributed by atoms with Gasteiger partial charge in [-0.05, 0) is 35.4 Å². The second kappa shape index (κ2) is 8.34. The molecule has 0 aromatic heterocycles. The summed E-state index contributed by atoms with van der Waals surface area (Å²) in [7, 11) is 0. The number of halogens is 1. The van der Waals surface area contributed by atoms with E-state index in [1.807, 2.05) is 41.3 Å². The number of aliphatic hydroxyl groups excluding tert-OH is 1. The number of carbonyl (C=O) groups excluding carboxylic acids is 1. The van der Waals surface area contributed by atoms with Gasteiger partial charge < -0.3 is 19.5 Å². The highest BCUT2D eigenvalue weighted by Crippen LogP contribution is 2.30. The van der Waals surface area contributed by atoms with Crippen LogP contribution < -0.4 is 4.74 Å². The molecular formula is C19H20ClNO4. The number of ether oxygens (including phenoxy) is 2. The van der Waals surface area contributed by atoms with Crippen molar-refractivity contribution in [3.05, 3.63) is 53.1 Å². The molecule has 1 N–H and O–H groups in total. The van der Waals surface area contributed by atoms with Crippen LogP contribution in [0.3, 0.4) is 0 Å². The van der Waals surface area contributed by atoms with E-state index >= 15 is 0 Å². The fourth-order valence-electron chi connectivity index (χ4n) is 2.71. The van der Waals surface area contributed by atoms with E-state index in [-0.39, 0.29) is 19.1 Å². The third kappa shape index (κ3) is 4.31. The average Bonchev–Trinajstić information content (AvgIpc) is 2.67. The molecule has 25 heavy (non-hydrogen) atoms. The first-order valence-electron chi connectivity index (χ1n) is 8.19. The first kappa shape index (κ1) is 17.7. The summed E-state index contributed by atoms with van der Waals surface area (Å²) in [6, 6.07) is 13.0. The average molecular weight is 362 g/mol. The van der Waals surface area contributed by atoms with Crippen molar-refractivity contribution in [2.24, 2.45) is 0 Å². The summed E-state index contributed by atoms with van der Waals surface area (Å²) in [4.78, 5) is 14.3. The van der Waals surface area contributed by atoms with Gasteiger partial charge in [-0.2, -0.15) is 0 Å². The molecule has 1 heterocycles. The summed E-state index contributed by atoms with van der Waals surface area (Å²) in [5.41, 5.74) is 2.57. The van der Waals surface area contributed by atoms with E-state index in [4.69, 9.17) is 26.2 Å². The number of morpholine rings is 1. The first-order chi connectivity index (χ1) is 12.2. The van der Waals surface area contributed by atoms with Crippen LogP contribution in [0.2, 0.25) is 5.02 Å². The van der Waals surface area contributed by atoms with Crippen molar-refractivity contribution < 1.29 is 19.4 Å². The topological polar surface area (TPSA) is 59.0 Å². The molecule has 1 amide bonds. The van der Waals surface area contributed by atoms with Crippen molar-refractivity contribution in [3.8, 4) is 16.9 Å². The van der Waals surface area contributed by atoms with E-state index in [1.54, 1.807) is 6.07 Å². The molecule has 0 unspecified atom stereocenters. The van der Waals surface area contributed by atoms with Gasteiger partial charge >= 0.3 is 0 Å². The molecule has 0 saturated carbocycles. The van der Waals surface area contributed by atoms with Crippen LogP contribution in [0.1, 0.15) is 10.4 Å². The Kier molecular flexibility index (Phi) is 5.91. The standard InChI is InChI=1S/C19H20ClNO4/c20-17-13-16(5-6-18(17)25-12-9-22)14-1-3-15(4-2-14)19(23)21-7-10-24-11-8-21/h1-6,13,22H,7-12H2. The molecule has 132 valence electrons. The lowest BCUT2D eigenvalue weighted by Crippen LogP contribution is -2.40. The monoisotopic (exact) mass is 361 g/mol. The number of nitrogens with zero attached hydrogens (tertiary/aromatic N) is 1. The van der Waals surface area contributed by atoms with Gasteiger partial charge in [-0.3, -0.25) is 4.79 Å². The van der Waals surface area contributed by atoms with Crippen LogP contribution in [0.4, 0.5) is 0 Å². The zero-order valence-corrected chi connectivity index (χ0v) is 14.5. The Balaban J connectivity index is 1.73. The Hall–Kier alpha value is -2.08. The highest BCUT2D eigenvalue weighted by molar-refractivity contribution is 6.32. The predicted octanol–water partition coefficient (Wildman–Crippen LogP) is 2.85. The smallest absolute Gasteiger partial charge is 0.254 e. The molecule has 0 spiro atoms. The van der Waals surface area contributed by atoms with E-state index < -0.39 is 0 Å². The lowest BCUT2D eigenvalue weighted by molar-refractivity contribution is 0.0303. The Bertz CT molecular complexity index is 727. The predicted molar refractivity (Wildman–Crippen MR) is 96.2 cm³/mol. The van der Waals surface area contributed by atoms with Gasteiger partial charge in [0.1, 0.15) is 12.4 Å². The van der Waals surface area contributed by atoms with Gasteiger partial charge in [0.15, 0.2) is 0 Å². The summed E-state index contributed by atoms with van der Waals surface area (Å²) < 4.78 is 10.6. The molecule has 2 aromatic rings. The second-order valence-corrected chi connectivity index (χ2v) is 6.11. The molecule has 2 aromatic carbocycles. The number of hydrogen-bond acceptors (Lipinski definition) is 4. The quantitative estimate of drug-likeness (QED) is 0.889. The van der Waals surface area contributed by atoms with Crippen LogP contribution >= 0.6 is 11.6 Å². The number of benzene rings is 2. The SMILES string of the molecule is O=C(c1ccc(-c2ccc(OCCO)c(Cl)c2)cc1)N1CCOCC1. The van der Waals surface area contributed by atoms with E-state index in [9.17, 15) is 4.79 Å². The highest BCUT2D eigenvalue weighted by Gasteiger charge is 2.18. The molecule has 1 saturated heterocycles. The molecule has 0 atom stereocenters. The maximum absolute atomic E-state index is 12.5. The number of hydrogen-bond donors (Lipinski definition) is 1. The third-order valence-corrected chi connectivity index (χ3v) is 4.34. The van der Waals surface area contributed by atoms with Crippen molar-refractivity contribution in [2.75, 3.05) is 39.5 Å². The summed E-state index contributed by atoms with van der Waals surface area (Å²) in [5.74, 6) is 0.569. The summed E-state index contributed by atoms with van der Waals surface area (Å²) in [5, 5.41) is 9.30. The van der Waals surface area contributed by atoms with Crippen LogP contribution in [0.15, 0.2) is 42.5 Å². The van der Waals surface area contributed by atoms with Crippen LogP contribution in [0.5, 0.6) is 5.75 Å². The molecule has 0 aliphatic carbocycles. The molecule has 6 heteroatoms. The van der Waals surface area contributed by atoms with Gasteiger partial charge in [-0.1, -0.05) is 29.8 Å². The second-order valence-electron chi connectivity index (χ2n) is 5.70. The maximum atomic E-state index is 12.5. The Morgan fingerprint density at radius 1 is 1.12 bits per heavy atom. The largest absolute Gasteiger partial charge is 0.490 e. The van der Waals surface area contributed by atoms with Gasteiger partial charge in [-0.15, -0.1) is 0 Å². The summed E-state index contributed by atoms with van der Waals surface area (Å²) in [6.45, 7) is 2.59. The molecule has 0 radical (unpaired) electrons. The maximum Gasteiger partial charge on any atom is 0.254 e.